The second-order valence-corrected chi connectivity index (χ2v) is 5.41. The van der Waals surface area contributed by atoms with Gasteiger partial charge in [0.05, 0.1) is 0 Å². The molecular formula is C15H24N2O3. The molecule has 1 aromatic rings. The summed E-state index contributed by atoms with van der Waals surface area (Å²) in [5, 5.41) is 10.1. The summed E-state index contributed by atoms with van der Waals surface area (Å²) in [4.78, 5) is 4.51. The predicted octanol–water partition coefficient (Wildman–Crippen LogP) is 1.89. The summed E-state index contributed by atoms with van der Waals surface area (Å²) < 4.78 is 10.6. The zero-order chi connectivity index (χ0) is 14.5. The van der Waals surface area contributed by atoms with Crippen LogP contribution in [0.4, 0.5) is 0 Å². The van der Waals surface area contributed by atoms with Gasteiger partial charge in [0.15, 0.2) is 11.5 Å². The lowest BCUT2D eigenvalue weighted by atomic mass is 10.1. The summed E-state index contributed by atoms with van der Waals surface area (Å²) in [6, 6.07) is 3.53. The first-order valence-electron chi connectivity index (χ1n) is 7.08. The molecule has 0 aliphatic carbocycles. The fourth-order valence-electron chi connectivity index (χ4n) is 2.27. The number of hydrogen-bond acceptors (Lipinski definition) is 5. The quantitative estimate of drug-likeness (QED) is 0.826. The standard InChI is InChI=1S/C15H24N2O3/c1-4-5-17(7-6-16(2)3)10-12-8-14-15(9-13(12)18)20-11-19-14/h8-9,18H,4-7,10-11H2,1-3H3. The highest BCUT2D eigenvalue weighted by Crippen LogP contribution is 2.37. The zero-order valence-electron chi connectivity index (χ0n) is 12.6. The van der Waals surface area contributed by atoms with E-state index in [2.05, 4.69) is 30.8 Å². The van der Waals surface area contributed by atoms with Gasteiger partial charge in [0.1, 0.15) is 5.75 Å². The molecule has 0 fully saturated rings. The van der Waals surface area contributed by atoms with E-state index in [4.69, 9.17) is 9.47 Å². The minimum atomic E-state index is 0.234. The van der Waals surface area contributed by atoms with Crippen molar-refractivity contribution >= 4 is 0 Å². The van der Waals surface area contributed by atoms with Gasteiger partial charge < -0.3 is 19.5 Å². The second-order valence-electron chi connectivity index (χ2n) is 5.41. The van der Waals surface area contributed by atoms with Crippen molar-refractivity contribution in [2.24, 2.45) is 0 Å². The van der Waals surface area contributed by atoms with E-state index in [0.717, 1.165) is 43.9 Å². The number of benzene rings is 1. The lowest BCUT2D eigenvalue weighted by molar-refractivity contribution is 0.173. The number of likely N-dealkylation sites (N-methyl/N-ethyl adjacent to an activating group) is 1. The summed E-state index contributed by atoms with van der Waals surface area (Å²) in [7, 11) is 4.14. The van der Waals surface area contributed by atoms with Crippen LogP contribution in [0, 0.1) is 0 Å². The summed E-state index contributed by atoms with van der Waals surface area (Å²) >= 11 is 0. The lowest BCUT2D eigenvalue weighted by Gasteiger charge is -2.24. The molecule has 0 amide bonds. The largest absolute Gasteiger partial charge is 0.507 e. The SMILES string of the molecule is CCCN(CCN(C)C)Cc1cc2c(cc1O)OCO2. The monoisotopic (exact) mass is 280 g/mol. The first-order valence-corrected chi connectivity index (χ1v) is 7.08. The smallest absolute Gasteiger partial charge is 0.231 e. The number of ether oxygens (including phenoxy) is 2. The van der Waals surface area contributed by atoms with Crippen LogP contribution in [0.3, 0.4) is 0 Å². The minimum absolute atomic E-state index is 0.234. The second kappa shape index (κ2) is 6.81. The maximum atomic E-state index is 10.1. The predicted molar refractivity (Wildman–Crippen MR) is 78.4 cm³/mol. The molecule has 0 saturated heterocycles. The Bertz CT molecular complexity index is 449. The third-order valence-corrected chi connectivity index (χ3v) is 3.37. The normalized spacial score (nSPS) is 13.4. The van der Waals surface area contributed by atoms with E-state index in [1.165, 1.54) is 0 Å². The molecule has 1 N–H and O–H groups in total. The molecule has 2 rings (SSSR count). The number of aromatic hydroxyl groups is 1. The molecule has 112 valence electrons. The molecule has 0 saturated carbocycles. The fourth-order valence-corrected chi connectivity index (χ4v) is 2.27. The molecule has 0 atom stereocenters. The van der Waals surface area contributed by atoms with Crippen molar-refractivity contribution in [3.63, 3.8) is 0 Å². The Hall–Kier alpha value is -1.46. The van der Waals surface area contributed by atoms with Crippen LogP contribution < -0.4 is 9.47 Å². The van der Waals surface area contributed by atoms with Crippen molar-refractivity contribution in [3.05, 3.63) is 17.7 Å². The number of phenols is 1. The highest BCUT2D eigenvalue weighted by molar-refractivity contribution is 5.51. The number of nitrogens with zero attached hydrogens (tertiary/aromatic N) is 2. The number of hydrogen-bond donors (Lipinski definition) is 1. The Morgan fingerprint density at radius 3 is 2.45 bits per heavy atom. The van der Waals surface area contributed by atoms with E-state index in [1.807, 2.05) is 6.07 Å². The van der Waals surface area contributed by atoms with Gasteiger partial charge in [-0.15, -0.1) is 0 Å². The first kappa shape index (κ1) is 14.9. The fraction of sp³-hybridized carbons (Fsp3) is 0.600. The Morgan fingerprint density at radius 2 is 1.80 bits per heavy atom. The molecule has 0 unspecified atom stereocenters. The molecular weight excluding hydrogens is 256 g/mol. The van der Waals surface area contributed by atoms with E-state index < -0.39 is 0 Å². The topological polar surface area (TPSA) is 45.2 Å². The Kier molecular flexibility index (Phi) is 5.09. The van der Waals surface area contributed by atoms with Gasteiger partial charge in [-0.1, -0.05) is 6.92 Å². The molecule has 0 radical (unpaired) electrons. The van der Waals surface area contributed by atoms with Crippen LogP contribution in [0.25, 0.3) is 0 Å². The molecule has 5 nitrogen and oxygen atoms in total. The van der Waals surface area contributed by atoms with Gasteiger partial charge in [-0.2, -0.15) is 0 Å². The van der Waals surface area contributed by atoms with Gasteiger partial charge >= 0.3 is 0 Å². The maximum absolute atomic E-state index is 10.1. The molecule has 20 heavy (non-hydrogen) atoms. The van der Waals surface area contributed by atoms with Crippen LogP contribution in [0.5, 0.6) is 17.2 Å². The first-order chi connectivity index (χ1) is 9.60. The van der Waals surface area contributed by atoms with Crippen molar-refractivity contribution in [1.29, 1.82) is 0 Å². The average molecular weight is 280 g/mol. The summed E-state index contributed by atoms with van der Waals surface area (Å²) in [5.41, 5.74) is 0.890. The minimum Gasteiger partial charge on any atom is -0.507 e. The highest BCUT2D eigenvalue weighted by atomic mass is 16.7. The van der Waals surface area contributed by atoms with Crippen LogP contribution in [-0.2, 0) is 6.54 Å². The summed E-state index contributed by atoms with van der Waals surface area (Å²) in [6.07, 6.45) is 1.10. The third-order valence-electron chi connectivity index (χ3n) is 3.37. The van der Waals surface area contributed by atoms with Crippen LogP contribution in [-0.4, -0.2) is 55.4 Å². The lowest BCUT2D eigenvalue weighted by Crippen LogP contribution is -2.32. The van der Waals surface area contributed by atoms with Gasteiger partial charge in [0, 0.05) is 31.3 Å². The molecule has 0 bridgehead atoms. The zero-order valence-corrected chi connectivity index (χ0v) is 12.6. The molecule has 1 heterocycles. The summed E-state index contributed by atoms with van der Waals surface area (Å²) in [5.74, 6) is 1.63. The number of phenolic OH excluding ortho intramolecular Hbond substituents is 1. The van der Waals surface area contributed by atoms with E-state index >= 15 is 0 Å². The van der Waals surface area contributed by atoms with Gasteiger partial charge in [0.25, 0.3) is 0 Å². The van der Waals surface area contributed by atoms with Crippen LogP contribution in [0.15, 0.2) is 12.1 Å². The summed E-state index contributed by atoms with van der Waals surface area (Å²) in [6.45, 7) is 6.13. The Morgan fingerprint density at radius 1 is 1.10 bits per heavy atom. The highest BCUT2D eigenvalue weighted by Gasteiger charge is 2.18. The molecule has 0 aromatic heterocycles. The third kappa shape index (κ3) is 3.77. The van der Waals surface area contributed by atoms with Crippen LogP contribution in [0.2, 0.25) is 0 Å². The van der Waals surface area contributed by atoms with Crippen LogP contribution >= 0.6 is 0 Å². The van der Waals surface area contributed by atoms with Crippen molar-refractivity contribution < 1.29 is 14.6 Å². The van der Waals surface area contributed by atoms with Gasteiger partial charge in [-0.05, 0) is 33.1 Å². The van der Waals surface area contributed by atoms with E-state index in [-0.39, 0.29) is 12.5 Å². The Labute approximate surface area is 120 Å². The van der Waals surface area contributed by atoms with Crippen LogP contribution in [0.1, 0.15) is 18.9 Å². The number of fused-ring (bicyclic) bond motifs is 1. The van der Waals surface area contributed by atoms with E-state index in [9.17, 15) is 5.11 Å². The van der Waals surface area contributed by atoms with E-state index in [0.29, 0.717) is 5.75 Å². The molecule has 1 aliphatic heterocycles. The van der Waals surface area contributed by atoms with Crippen molar-refractivity contribution in [2.45, 2.75) is 19.9 Å². The van der Waals surface area contributed by atoms with Crippen molar-refractivity contribution in [1.82, 2.24) is 9.80 Å². The molecule has 0 spiro atoms. The Balaban J connectivity index is 2.05. The average Bonchev–Trinajstić information content (AvgIpc) is 2.83. The van der Waals surface area contributed by atoms with Gasteiger partial charge in [-0.25, -0.2) is 0 Å². The van der Waals surface area contributed by atoms with Gasteiger partial charge in [-0.3, -0.25) is 4.90 Å². The molecule has 1 aliphatic rings. The molecule has 1 aromatic carbocycles. The van der Waals surface area contributed by atoms with Gasteiger partial charge in [0.2, 0.25) is 6.79 Å². The number of rotatable bonds is 7. The molecule has 5 heteroatoms. The van der Waals surface area contributed by atoms with E-state index in [1.54, 1.807) is 6.07 Å². The maximum Gasteiger partial charge on any atom is 0.231 e. The van der Waals surface area contributed by atoms with Crippen molar-refractivity contribution in [2.75, 3.05) is 40.5 Å². The van der Waals surface area contributed by atoms with Crippen molar-refractivity contribution in [3.8, 4) is 17.2 Å².